The second kappa shape index (κ2) is 7.83. The second-order valence-corrected chi connectivity index (χ2v) is 5.22. The van der Waals surface area contributed by atoms with E-state index in [-0.39, 0.29) is 18.2 Å². The van der Waals surface area contributed by atoms with Gasteiger partial charge in [-0.3, -0.25) is 4.79 Å². The Hall–Kier alpha value is -3.54. The third-order valence-electron chi connectivity index (χ3n) is 3.33. The van der Waals surface area contributed by atoms with Gasteiger partial charge in [0, 0.05) is 17.6 Å². The van der Waals surface area contributed by atoms with Crippen molar-refractivity contribution in [1.29, 1.82) is 0 Å². The molecule has 0 bridgehead atoms. The Bertz CT molecular complexity index is 836. The van der Waals surface area contributed by atoms with Crippen molar-refractivity contribution in [2.75, 3.05) is 17.2 Å². The fourth-order valence-corrected chi connectivity index (χ4v) is 2.13. The highest BCUT2D eigenvalue weighted by molar-refractivity contribution is 5.92. The van der Waals surface area contributed by atoms with Crippen LogP contribution in [0.15, 0.2) is 72.9 Å². The Kier molecular flexibility index (Phi) is 5.11. The number of para-hydroxylation sites is 1. The molecule has 6 heteroatoms. The number of anilines is 3. The topological polar surface area (TPSA) is 83.5 Å². The Morgan fingerprint density at radius 1 is 0.960 bits per heavy atom. The van der Waals surface area contributed by atoms with E-state index < -0.39 is 5.91 Å². The molecule has 1 aromatic heterocycles. The van der Waals surface area contributed by atoms with Gasteiger partial charge in [0.05, 0.1) is 0 Å². The molecule has 0 unspecified atom stereocenters. The molecule has 3 aromatic rings. The van der Waals surface area contributed by atoms with Crippen LogP contribution in [0.3, 0.4) is 0 Å². The van der Waals surface area contributed by atoms with Crippen LogP contribution in [-0.4, -0.2) is 22.6 Å². The first kappa shape index (κ1) is 16.3. The average Bonchev–Trinajstić information content (AvgIpc) is 2.64. The first-order chi connectivity index (χ1) is 12.2. The molecule has 6 nitrogen and oxygen atoms in total. The first-order valence-electron chi connectivity index (χ1n) is 7.69. The minimum Gasteiger partial charge on any atom is -0.504 e. The van der Waals surface area contributed by atoms with Crippen molar-refractivity contribution >= 4 is 23.1 Å². The van der Waals surface area contributed by atoms with Gasteiger partial charge >= 0.3 is 0 Å². The molecular formula is C19H17N3O3. The van der Waals surface area contributed by atoms with E-state index in [1.165, 1.54) is 12.3 Å². The van der Waals surface area contributed by atoms with Crippen LogP contribution in [0.25, 0.3) is 0 Å². The van der Waals surface area contributed by atoms with Crippen LogP contribution >= 0.6 is 0 Å². The number of hydrogen-bond acceptors (Lipinski definition) is 5. The van der Waals surface area contributed by atoms with Crippen molar-refractivity contribution in [3.05, 3.63) is 72.9 Å². The number of benzene rings is 2. The monoisotopic (exact) mass is 335 g/mol. The van der Waals surface area contributed by atoms with Crippen molar-refractivity contribution in [2.45, 2.75) is 0 Å². The van der Waals surface area contributed by atoms with Gasteiger partial charge in [-0.25, -0.2) is 4.98 Å². The third-order valence-corrected chi connectivity index (χ3v) is 3.33. The van der Waals surface area contributed by atoms with Gasteiger partial charge < -0.3 is 20.5 Å². The number of hydrogen-bond donors (Lipinski definition) is 3. The van der Waals surface area contributed by atoms with E-state index in [0.29, 0.717) is 5.75 Å². The number of carbonyl (C=O) groups excluding carboxylic acids is 1. The largest absolute Gasteiger partial charge is 0.504 e. The SMILES string of the molecule is O=C(COc1ccc(Nc2ccccc2)cc1)Nc1ncccc1O. The summed E-state index contributed by atoms with van der Waals surface area (Å²) < 4.78 is 5.44. The maximum atomic E-state index is 11.8. The van der Waals surface area contributed by atoms with E-state index in [1.54, 1.807) is 18.2 Å². The van der Waals surface area contributed by atoms with Crippen molar-refractivity contribution in [3.63, 3.8) is 0 Å². The molecule has 0 atom stereocenters. The van der Waals surface area contributed by atoms with Crippen LogP contribution in [0.5, 0.6) is 11.5 Å². The number of ether oxygens (including phenoxy) is 1. The highest BCUT2D eigenvalue weighted by Gasteiger charge is 2.08. The molecule has 126 valence electrons. The van der Waals surface area contributed by atoms with Gasteiger partial charge in [-0.1, -0.05) is 18.2 Å². The molecular weight excluding hydrogens is 318 g/mol. The van der Waals surface area contributed by atoms with Crippen molar-refractivity contribution in [2.24, 2.45) is 0 Å². The summed E-state index contributed by atoms with van der Waals surface area (Å²) in [5.41, 5.74) is 1.91. The van der Waals surface area contributed by atoms with E-state index in [0.717, 1.165) is 11.4 Å². The van der Waals surface area contributed by atoms with Gasteiger partial charge in [-0.15, -0.1) is 0 Å². The number of nitrogens with zero attached hydrogens (tertiary/aromatic N) is 1. The molecule has 3 N–H and O–H groups in total. The van der Waals surface area contributed by atoms with Gasteiger partial charge in [0.1, 0.15) is 5.75 Å². The van der Waals surface area contributed by atoms with E-state index in [2.05, 4.69) is 15.6 Å². The molecule has 0 saturated carbocycles. The minimum absolute atomic E-state index is 0.0906. The normalized spacial score (nSPS) is 10.1. The molecule has 1 heterocycles. The second-order valence-electron chi connectivity index (χ2n) is 5.22. The summed E-state index contributed by atoms with van der Waals surface area (Å²) in [6.07, 6.45) is 1.48. The number of carbonyl (C=O) groups is 1. The number of aromatic nitrogens is 1. The Morgan fingerprint density at radius 3 is 2.40 bits per heavy atom. The lowest BCUT2D eigenvalue weighted by Gasteiger charge is -2.09. The molecule has 25 heavy (non-hydrogen) atoms. The van der Waals surface area contributed by atoms with E-state index in [9.17, 15) is 9.90 Å². The van der Waals surface area contributed by atoms with Gasteiger partial charge in [0.2, 0.25) is 0 Å². The molecule has 0 aliphatic carbocycles. The quantitative estimate of drug-likeness (QED) is 0.642. The number of amides is 1. The minimum atomic E-state index is -0.402. The number of pyridine rings is 1. The van der Waals surface area contributed by atoms with Crippen LogP contribution in [0.2, 0.25) is 0 Å². The lowest BCUT2D eigenvalue weighted by atomic mass is 10.2. The molecule has 0 spiro atoms. The Labute approximate surface area is 145 Å². The summed E-state index contributed by atoms with van der Waals surface area (Å²) in [5, 5.41) is 15.3. The van der Waals surface area contributed by atoms with E-state index >= 15 is 0 Å². The highest BCUT2D eigenvalue weighted by Crippen LogP contribution is 2.20. The van der Waals surface area contributed by atoms with Crippen molar-refractivity contribution in [3.8, 4) is 11.5 Å². The molecule has 0 aliphatic rings. The van der Waals surface area contributed by atoms with Crippen LogP contribution < -0.4 is 15.4 Å². The molecule has 0 saturated heterocycles. The zero-order chi connectivity index (χ0) is 17.5. The molecule has 1 amide bonds. The summed E-state index contributed by atoms with van der Waals surface area (Å²) >= 11 is 0. The van der Waals surface area contributed by atoms with Gasteiger partial charge in [0.15, 0.2) is 18.2 Å². The van der Waals surface area contributed by atoms with Crippen molar-refractivity contribution < 1.29 is 14.6 Å². The van der Waals surface area contributed by atoms with Crippen LogP contribution in [0.1, 0.15) is 0 Å². The van der Waals surface area contributed by atoms with Gasteiger partial charge in [-0.2, -0.15) is 0 Å². The smallest absolute Gasteiger partial charge is 0.263 e. The average molecular weight is 335 g/mol. The summed E-state index contributed by atoms with van der Waals surface area (Å²) in [5.74, 6) is 0.185. The van der Waals surface area contributed by atoms with Crippen molar-refractivity contribution in [1.82, 2.24) is 4.98 Å². The van der Waals surface area contributed by atoms with E-state index in [4.69, 9.17) is 4.74 Å². The predicted octanol–water partition coefficient (Wildman–Crippen LogP) is 3.55. The van der Waals surface area contributed by atoms with Gasteiger partial charge in [0.25, 0.3) is 5.91 Å². The lowest BCUT2D eigenvalue weighted by molar-refractivity contribution is -0.118. The third kappa shape index (κ3) is 4.71. The van der Waals surface area contributed by atoms with Gasteiger partial charge in [-0.05, 0) is 48.5 Å². The summed E-state index contributed by atoms with van der Waals surface area (Å²) in [7, 11) is 0. The molecule has 2 aromatic carbocycles. The maximum absolute atomic E-state index is 11.8. The zero-order valence-electron chi connectivity index (χ0n) is 13.3. The number of aromatic hydroxyl groups is 1. The number of nitrogens with one attached hydrogen (secondary N) is 2. The van der Waals surface area contributed by atoms with Crippen LogP contribution in [-0.2, 0) is 4.79 Å². The predicted molar refractivity (Wildman–Crippen MR) is 96.2 cm³/mol. The Balaban J connectivity index is 1.51. The summed E-state index contributed by atoms with van der Waals surface area (Å²) in [4.78, 5) is 15.7. The fraction of sp³-hybridized carbons (Fsp3) is 0.0526. The standard InChI is InChI=1S/C19H17N3O3/c23-17-7-4-12-20-19(17)22-18(24)13-25-16-10-8-15(9-11-16)21-14-5-2-1-3-6-14/h1-12,21,23H,13H2,(H,20,22,24). The number of rotatable bonds is 6. The van der Waals surface area contributed by atoms with E-state index in [1.807, 2.05) is 42.5 Å². The Morgan fingerprint density at radius 2 is 1.68 bits per heavy atom. The molecule has 3 rings (SSSR count). The first-order valence-corrected chi connectivity index (χ1v) is 7.69. The molecule has 0 fully saturated rings. The van der Waals surface area contributed by atoms with Crippen LogP contribution in [0.4, 0.5) is 17.2 Å². The maximum Gasteiger partial charge on any atom is 0.263 e. The lowest BCUT2D eigenvalue weighted by Crippen LogP contribution is -2.20. The summed E-state index contributed by atoms with van der Waals surface area (Å²) in [6.45, 7) is -0.179. The summed E-state index contributed by atoms with van der Waals surface area (Å²) in [6, 6.07) is 20.1. The fourth-order valence-electron chi connectivity index (χ4n) is 2.13. The zero-order valence-corrected chi connectivity index (χ0v) is 13.3. The molecule has 0 radical (unpaired) electrons. The highest BCUT2D eigenvalue weighted by atomic mass is 16.5. The molecule has 0 aliphatic heterocycles. The van der Waals surface area contributed by atoms with Crippen LogP contribution in [0, 0.1) is 0 Å².